The standard InChI is InChI=1S/C13H22N2O3/c1-3-13(4-2)7-10(5-6-18-13)15-9-11(16)14-8-12(15)17/h10H,3-9H2,1-2H3,(H,14,16). The Morgan fingerprint density at radius 3 is 2.78 bits per heavy atom. The molecule has 0 spiro atoms. The lowest BCUT2D eigenvalue weighted by Gasteiger charge is -2.44. The highest BCUT2D eigenvalue weighted by molar-refractivity contribution is 5.92. The molecule has 0 aromatic rings. The summed E-state index contributed by atoms with van der Waals surface area (Å²) in [6.45, 7) is 5.26. The number of piperazine rings is 1. The second-order valence-corrected chi connectivity index (χ2v) is 5.18. The number of nitrogens with zero attached hydrogens (tertiary/aromatic N) is 1. The van der Waals surface area contributed by atoms with Gasteiger partial charge in [0.2, 0.25) is 11.8 Å². The van der Waals surface area contributed by atoms with Gasteiger partial charge in [-0.2, -0.15) is 0 Å². The lowest BCUT2D eigenvalue weighted by atomic mass is 9.85. The molecule has 1 atom stereocenters. The van der Waals surface area contributed by atoms with Crippen LogP contribution in [0.5, 0.6) is 0 Å². The Bertz CT molecular complexity index is 339. The van der Waals surface area contributed by atoms with Crippen LogP contribution in [0.4, 0.5) is 0 Å². The van der Waals surface area contributed by atoms with Crippen LogP contribution in [0.3, 0.4) is 0 Å². The highest BCUT2D eigenvalue weighted by atomic mass is 16.5. The largest absolute Gasteiger partial charge is 0.375 e. The molecule has 1 N–H and O–H groups in total. The van der Waals surface area contributed by atoms with Gasteiger partial charge in [0.25, 0.3) is 0 Å². The van der Waals surface area contributed by atoms with E-state index >= 15 is 0 Å². The fourth-order valence-electron chi connectivity index (χ4n) is 2.92. The van der Waals surface area contributed by atoms with Gasteiger partial charge >= 0.3 is 0 Å². The van der Waals surface area contributed by atoms with Crippen LogP contribution in [0.1, 0.15) is 39.5 Å². The van der Waals surface area contributed by atoms with E-state index in [1.165, 1.54) is 0 Å². The first kappa shape index (κ1) is 13.3. The summed E-state index contributed by atoms with van der Waals surface area (Å²) in [6, 6.07) is 0.150. The summed E-state index contributed by atoms with van der Waals surface area (Å²) in [5.74, 6) is -0.0257. The molecule has 2 aliphatic heterocycles. The smallest absolute Gasteiger partial charge is 0.242 e. The molecule has 18 heavy (non-hydrogen) atoms. The average molecular weight is 254 g/mol. The highest BCUT2D eigenvalue weighted by Gasteiger charge is 2.39. The quantitative estimate of drug-likeness (QED) is 0.806. The Kier molecular flexibility index (Phi) is 3.90. The van der Waals surface area contributed by atoms with E-state index in [1.807, 2.05) is 0 Å². The Hall–Kier alpha value is -1.10. The van der Waals surface area contributed by atoms with Gasteiger partial charge in [0.1, 0.15) is 0 Å². The first-order valence-electron chi connectivity index (χ1n) is 6.80. The first-order valence-corrected chi connectivity index (χ1v) is 6.80. The van der Waals surface area contributed by atoms with E-state index in [4.69, 9.17) is 4.74 Å². The molecule has 5 nitrogen and oxygen atoms in total. The predicted molar refractivity (Wildman–Crippen MR) is 67.0 cm³/mol. The molecule has 0 bridgehead atoms. The molecule has 0 aromatic heterocycles. The Balaban J connectivity index is 2.08. The van der Waals surface area contributed by atoms with Crippen molar-refractivity contribution < 1.29 is 14.3 Å². The van der Waals surface area contributed by atoms with E-state index in [0.717, 1.165) is 25.7 Å². The van der Waals surface area contributed by atoms with Crippen molar-refractivity contribution in [1.29, 1.82) is 0 Å². The minimum Gasteiger partial charge on any atom is -0.375 e. The third-order valence-corrected chi connectivity index (χ3v) is 4.27. The van der Waals surface area contributed by atoms with E-state index in [9.17, 15) is 9.59 Å². The molecule has 0 aliphatic carbocycles. The summed E-state index contributed by atoms with van der Waals surface area (Å²) in [5, 5.41) is 2.59. The molecule has 2 rings (SSSR count). The lowest BCUT2D eigenvalue weighted by Crippen LogP contribution is -2.58. The summed E-state index contributed by atoms with van der Waals surface area (Å²) in [7, 11) is 0. The number of ether oxygens (including phenoxy) is 1. The Morgan fingerprint density at radius 1 is 1.39 bits per heavy atom. The molecule has 2 aliphatic rings. The van der Waals surface area contributed by atoms with E-state index in [1.54, 1.807) is 4.90 Å². The van der Waals surface area contributed by atoms with E-state index in [2.05, 4.69) is 19.2 Å². The Labute approximate surface area is 108 Å². The molecule has 5 heteroatoms. The molecule has 2 heterocycles. The second kappa shape index (κ2) is 5.26. The van der Waals surface area contributed by atoms with E-state index < -0.39 is 0 Å². The van der Waals surface area contributed by atoms with Gasteiger partial charge < -0.3 is 15.0 Å². The topological polar surface area (TPSA) is 58.6 Å². The van der Waals surface area contributed by atoms with Gasteiger partial charge in [-0.25, -0.2) is 0 Å². The maximum Gasteiger partial charge on any atom is 0.242 e. The van der Waals surface area contributed by atoms with Gasteiger partial charge in [0.15, 0.2) is 0 Å². The highest BCUT2D eigenvalue weighted by Crippen LogP contribution is 2.33. The maximum absolute atomic E-state index is 11.9. The first-order chi connectivity index (χ1) is 8.60. The Morgan fingerprint density at radius 2 is 2.11 bits per heavy atom. The molecule has 0 aromatic carbocycles. The van der Waals surface area contributed by atoms with Crippen LogP contribution in [0.2, 0.25) is 0 Å². The van der Waals surface area contributed by atoms with Crippen LogP contribution in [0, 0.1) is 0 Å². The van der Waals surface area contributed by atoms with Gasteiger partial charge in [0.05, 0.1) is 18.7 Å². The summed E-state index contributed by atoms with van der Waals surface area (Å²) in [5.41, 5.74) is -0.114. The summed E-state index contributed by atoms with van der Waals surface area (Å²) in [4.78, 5) is 25.1. The average Bonchev–Trinajstić information content (AvgIpc) is 2.41. The van der Waals surface area contributed by atoms with E-state index in [-0.39, 0.29) is 36.5 Å². The van der Waals surface area contributed by atoms with Crippen molar-refractivity contribution in [3.63, 3.8) is 0 Å². The van der Waals surface area contributed by atoms with Crippen molar-refractivity contribution in [3.05, 3.63) is 0 Å². The van der Waals surface area contributed by atoms with Crippen LogP contribution in [0.25, 0.3) is 0 Å². The molecule has 1 unspecified atom stereocenters. The zero-order valence-electron chi connectivity index (χ0n) is 11.2. The van der Waals surface area contributed by atoms with Crippen LogP contribution in [0.15, 0.2) is 0 Å². The molecule has 102 valence electrons. The van der Waals surface area contributed by atoms with Crippen LogP contribution < -0.4 is 5.32 Å². The van der Waals surface area contributed by atoms with Crippen LogP contribution >= 0.6 is 0 Å². The zero-order valence-corrected chi connectivity index (χ0v) is 11.2. The molecular weight excluding hydrogens is 232 g/mol. The van der Waals surface area contributed by atoms with Gasteiger partial charge in [-0.15, -0.1) is 0 Å². The maximum atomic E-state index is 11.9. The number of hydrogen-bond acceptors (Lipinski definition) is 3. The summed E-state index contributed by atoms with van der Waals surface area (Å²) >= 11 is 0. The predicted octanol–water partition coefficient (Wildman–Crippen LogP) is 0.683. The van der Waals surface area contributed by atoms with Crippen LogP contribution in [-0.2, 0) is 14.3 Å². The zero-order chi connectivity index (χ0) is 13.2. The number of rotatable bonds is 3. The number of hydrogen-bond donors (Lipinski definition) is 1. The summed E-state index contributed by atoms with van der Waals surface area (Å²) in [6.07, 6.45) is 3.59. The van der Waals surface area contributed by atoms with Gasteiger partial charge in [-0.1, -0.05) is 13.8 Å². The van der Waals surface area contributed by atoms with Crippen molar-refractivity contribution in [3.8, 4) is 0 Å². The minimum atomic E-state index is -0.114. The molecule has 0 radical (unpaired) electrons. The monoisotopic (exact) mass is 254 g/mol. The third kappa shape index (κ3) is 2.51. The van der Waals surface area contributed by atoms with Gasteiger partial charge in [0, 0.05) is 12.6 Å². The van der Waals surface area contributed by atoms with Crippen LogP contribution in [-0.4, -0.2) is 48.1 Å². The summed E-state index contributed by atoms with van der Waals surface area (Å²) < 4.78 is 5.91. The normalized spacial score (nSPS) is 28.1. The fourth-order valence-corrected chi connectivity index (χ4v) is 2.92. The third-order valence-electron chi connectivity index (χ3n) is 4.27. The molecule has 2 fully saturated rings. The van der Waals surface area contributed by atoms with Gasteiger partial charge in [-0.3, -0.25) is 9.59 Å². The van der Waals surface area contributed by atoms with Crippen molar-refractivity contribution in [2.75, 3.05) is 19.7 Å². The lowest BCUT2D eigenvalue weighted by molar-refractivity contribution is -0.151. The number of carbonyl (C=O) groups is 2. The molecular formula is C13H22N2O3. The van der Waals surface area contributed by atoms with Gasteiger partial charge in [-0.05, 0) is 25.7 Å². The minimum absolute atomic E-state index is 0.0302. The molecule has 2 saturated heterocycles. The van der Waals surface area contributed by atoms with Crippen molar-refractivity contribution in [1.82, 2.24) is 10.2 Å². The van der Waals surface area contributed by atoms with Crippen molar-refractivity contribution in [2.24, 2.45) is 0 Å². The molecule has 0 saturated carbocycles. The second-order valence-electron chi connectivity index (χ2n) is 5.18. The van der Waals surface area contributed by atoms with Crippen molar-refractivity contribution in [2.45, 2.75) is 51.2 Å². The number of nitrogens with one attached hydrogen (secondary N) is 1. The fraction of sp³-hybridized carbons (Fsp3) is 0.846. The SMILES string of the molecule is CCC1(CC)CC(N2CC(=O)NCC2=O)CCO1. The number of carbonyl (C=O) groups excluding carboxylic acids is 2. The van der Waals surface area contributed by atoms with E-state index in [0.29, 0.717) is 6.61 Å². The van der Waals surface area contributed by atoms with Crippen molar-refractivity contribution >= 4 is 11.8 Å². The number of amides is 2. The molecule has 2 amide bonds.